The van der Waals surface area contributed by atoms with Crippen molar-refractivity contribution in [1.82, 2.24) is 15.1 Å². The van der Waals surface area contributed by atoms with Gasteiger partial charge < -0.3 is 20.9 Å². The number of piperazine rings is 1. The molecule has 3 N–H and O–H groups in total. The Bertz CT molecular complexity index is 771. The lowest BCUT2D eigenvalue weighted by Crippen LogP contribution is -2.48. The Morgan fingerprint density at radius 1 is 1.19 bits per heavy atom. The summed E-state index contributed by atoms with van der Waals surface area (Å²) in [5.74, 6) is 0.270. The molecule has 1 aliphatic rings. The molecule has 0 unspecified atom stereocenters. The molecular weight excluding hydrogens is 372 g/mol. The molecular formula is C16H20N6O2S2. The van der Waals surface area contributed by atoms with E-state index in [2.05, 4.69) is 20.4 Å². The molecule has 26 heavy (non-hydrogen) atoms. The first-order valence-electron chi connectivity index (χ1n) is 8.13. The van der Waals surface area contributed by atoms with Crippen molar-refractivity contribution in [2.45, 2.75) is 11.3 Å². The lowest BCUT2D eigenvalue weighted by Gasteiger charge is -2.35. The summed E-state index contributed by atoms with van der Waals surface area (Å²) in [6, 6.07) is 7.74. The summed E-state index contributed by atoms with van der Waals surface area (Å²) in [4.78, 5) is 27.5. The third-order valence-electron chi connectivity index (χ3n) is 3.99. The van der Waals surface area contributed by atoms with Crippen LogP contribution in [-0.2, 0) is 9.59 Å². The van der Waals surface area contributed by atoms with E-state index in [1.54, 1.807) is 6.92 Å². The SMILES string of the molecule is CC(=O)N1CCN(c2ccc(NC(=O)CSc3nnc(N)s3)cc2)CC1. The van der Waals surface area contributed by atoms with E-state index >= 15 is 0 Å². The summed E-state index contributed by atoms with van der Waals surface area (Å²) in [7, 11) is 0. The van der Waals surface area contributed by atoms with Crippen LogP contribution in [-0.4, -0.2) is 58.8 Å². The standard InChI is InChI=1S/C16H20N6O2S2/c1-11(23)21-6-8-22(9-7-21)13-4-2-12(3-5-13)18-14(24)10-25-16-20-19-15(17)26-16/h2-5H,6-10H2,1H3,(H2,17,19)(H,18,24). The van der Waals surface area contributed by atoms with Gasteiger partial charge in [0.05, 0.1) is 5.75 Å². The first-order valence-corrected chi connectivity index (χ1v) is 9.93. The molecule has 0 aliphatic carbocycles. The number of hydrogen-bond acceptors (Lipinski definition) is 8. The number of carbonyl (C=O) groups is 2. The van der Waals surface area contributed by atoms with Crippen LogP contribution in [0.15, 0.2) is 28.6 Å². The molecule has 0 spiro atoms. The fourth-order valence-electron chi connectivity index (χ4n) is 2.64. The Balaban J connectivity index is 1.48. The van der Waals surface area contributed by atoms with Crippen LogP contribution in [0.3, 0.4) is 0 Å². The van der Waals surface area contributed by atoms with Crippen molar-refractivity contribution in [1.29, 1.82) is 0 Å². The number of amides is 2. The van der Waals surface area contributed by atoms with Crippen LogP contribution in [0.1, 0.15) is 6.92 Å². The van der Waals surface area contributed by atoms with Gasteiger partial charge in [-0.25, -0.2) is 0 Å². The maximum Gasteiger partial charge on any atom is 0.234 e. The second kappa shape index (κ2) is 8.37. The zero-order chi connectivity index (χ0) is 18.5. The largest absolute Gasteiger partial charge is 0.374 e. The van der Waals surface area contributed by atoms with Crippen molar-refractivity contribution < 1.29 is 9.59 Å². The molecule has 3 rings (SSSR count). The van der Waals surface area contributed by atoms with Gasteiger partial charge in [0.2, 0.25) is 16.9 Å². The van der Waals surface area contributed by atoms with Gasteiger partial charge >= 0.3 is 0 Å². The Morgan fingerprint density at radius 2 is 1.88 bits per heavy atom. The summed E-state index contributed by atoms with van der Waals surface area (Å²) in [6.07, 6.45) is 0. The lowest BCUT2D eigenvalue weighted by atomic mass is 10.2. The number of nitrogens with two attached hydrogens (primary N) is 1. The number of anilines is 3. The normalized spacial score (nSPS) is 14.3. The molecule has 1 aromatic carbocycles. The minimum absolute atomic E-state index is 0.105. The molecule has 1 saturated heterocycles. The van der Waals surface area contributed by atoms with Gasteiger partial charge in [-0.15, -0.1) is 10.2 Å². The molecule has 2 heterocycles. The quantitative estimate of drug-likeness (QED) is 0.743. The summed E-state index contributed by atoms with van der Waals surface area (Å²) >= 11 is 2.57. The van der Waals surface area contributed by atoms with Crippen LogP contribution in [0.25, 0.3) is 0 Å². The van der Waals surface area contributed by atoms with Gasteiger partial charge in [-0.3, -0.25) is 9.59 Å². The minimum Gasteiger partial charge on any atom is -0.374 e. The summed E-state index contributed by atoms with van der Waals surface area (Å²) < 4.78 is 0.678. The molecule has 10 heteroatoms. The first kappa shape index (κ1) is 18.5. The molecule has 2 amide bonds. The van der Waals surface area contributed by atoms with Gasteiger partial charge in [0.25, 0.3) is 0 Å². The molecule has 138 valence electrons. The molecule has 0 bridgehead atoms. The Kier molecular flexibility index (Phi) is 5.94. The monoisotopic (exact) mass is 392 g/mol. The van der Waals surface area contributed by atoms with Crippen LogP contribution in [0.5, 0.6) is 0 Å². The number of hydrogen-bond donors (Lipinski definition) is 2. The number of nitrogens with zero attached hydrogens (tertiary/aromatic N) is 4. The van der Waals surface area contributed by atoms with Crippen LogP contribution in [0.2, 0.25) is 0 Å². The molecule has 1 aliphatic heterocycles. The summed E-state index contributed by atoms with van der Waals surface area (Å²) in [5.41, 5.74) is 7.35. The molecule has 0 saturated carbocycles. The first-order chi connectivity index (χ1) is 12.5. The van der Waals surface area contributed by atoms with Gasteiger partial charge in [-0.05, 0) is 24.3 Å². The van der Waals surface area contributed by atoms with E-state index in [0.29, 0.717) is 9.47 Å². The number of aromatic nitrogens is 2. The Hall–Kier alpha value is -2.33. The van der Waals surface area contributed by atoms with Crippen LogP contribution < -0.4 is 16.0 Å². The molecule has 1 fully saturated rings. The molecule has 2 aromatic rings. The molecule has 8 nitrogen and oxygen atoms in total. The zero-order valence-corrected chi connectivity index (χ0v) is 16.0. The second-order valence-corrected chi connectivity index (χ2v) is 8.01. The number of nitrogens with one attached hydrogen (secondary N) is 1. The molecule has 0 atom stereocenters. The minimum atomic E-state index is -0.105. The van der Waals surface area contributed by atoms with E-state index in [0.717, 1.165) is 37.6 Å². The van der Waals surface area contributed by atoms with Gasteiger partial charge in [0, 0.05) is 44.5 Å². The third-order valence-corrected chi connectivity index (χ3v) is 5.88. The Morgan fingerprint density at radius 3 is 2.46 bits per heavy atom. The van der Waals surface area contributed by atoms with Crippen molar-refractivity contribution >= 4 is 51.4 Å². The van der Waals surface area contributed by atoms with E-state index in [9.17, 15) is 9.59 Å². The van der Waals surface area contributed by atoms with Crippen molar-refractivity contribution in [2.75, 3.05) is 47.9 Å². The van der Waals surface area contributed by atoms with Crippen molar-refractivity contribution in [3.8, 4) is 0 Å². The van der Waals surface area contributed by atoms with Crippen molar-refractivity contribution in [2.24, 2.45) is 0 Å². The number of thioether (sulfide) groups is 1. The van der Waals surface area contributed by atoms with Gasteiger partial charge in [0.1, 0.15) is 0 Å². The average Bonchev–Trinajstić information content (AvgIpc) is 3.06. The number of rotatable bonds is 5. The highest BCUT2D eigenvalue weighted by atomic mass is 32.2. The van der Waals surface area contributed by atoms with E-state index in [1.165, 1.54) is 23.1 Å². The summed E-state index contributed by atoms with van der Waals surface area (Å²) in [6.45, 7) is 4.70. The highest BCUT2D eigenvalue weighted by Gasteiger charge is 2.18. The maximum atomic E-state index is 12.0. The van der Waals surface area contributed by atoms with Gasteiger partial charge in [0.15, 0.2) is 4.34 Å². The van der Waals surface area contributed by atoms with Crippen LogP contribution in [0, 0.1) is 0 Å². The zero-order valence-electron chi connectivity index (χ0n) is 14.3. The Labute approximate surface area is 159 Å². The number of benzene rings is 1. The fraction of sp³-hybridized carbons (Fsp3) is 0.375. The van der Waals surface area contributed by atoms with Gasteiger partial charge in [-0.2, -0.15) is 0 Å². The highest BCUT2D eigenvalue weighted by molar-refractivity contribution is 8.01. The highest BCUT2D eigenvalue weighted by Crippen LogP contribution is 2.24. The third kappa shape index (κ3) is 4.85. The number of nitrogen functional groups attached to an aromatic ring is 1. The van der Waals surface area contributed by atoms with E-state index in [-0.39, 0.29) is 17.6 Å². The lowest BCUT2D eigenvalue weighted by molar-refractivity contribution is -0.129. The average molecular weight is 393 g/mol. The summed E-state index contributed by atoms with van der Waals surface area (Å²) in [5, 5.41) is 10.8. The van der Waals surface area contributed by atoms with Crippen LogP contribution >= 0.6 is 23.1 Å². The van der Waals surface area contributed by atoms with Gasteiger partial charge in [-0.1, -0.05) is 23.1 Å². The maximum absolute atomic E-state index is 12.0. The smallest absolute Gasteiger partial charge is 0.234 e. The van der Waals surface area contributed by atoms with Crippen molar-refractivity contribution in [3.63, 3.8) is 0 Å². The molecule has 1 aromatic heterocycles. The predicted molar refractivity (Wildman–Crippen MR) is 105 cm³/mol. The fourth-order valence-corrected chi connectivity index (χ4v) is 4.07. The van der Waals surface area contributed by atoms with Crippen LogP contribution in [0.4, 0.5) is 16.5 Å². The van der Waals surface area contributed by atoms with E-state index in [4.69, 9.17) is 5.73 Å². The predicted octanol–water partition coefficient (Wildman–Crippen LogP) is 1.52. The van der Waals surface area contributed by atoms with Crippen molar-refractivity contribution in [3.05, 3.63) is 24.3 Å². The topological polar surface area (TPSA) is 104 Å². The second-order valence-electron chi connectivity index (χ2n) is 5.78. The molecule has 0 radical (unpaired) electrons. The van der Waals surface area contributed by atoms with E-state index < -0.39 is 0 Å². The van der Waals surface area contributed by atoms with E-state index in [1.807, 2.05) is 29.2 Å². The number of carbonyl (C=O) groups excluding carboxylic acids is 2.